The van der Waals surface area contributed by atoms with Gasteiger partial charge in [0.2, 0.25) is 0 Å². The van der Waals surface area contributed by atoms with Crippen LogP contribution in [0, 0.1) is 5.82 Å². The second kappa shape index (κ2) is 7.09. The molecule has 0 heterocycles. The quantitative estimate of drug-likeness (QED) is 0.842. The van der Waals surface area contributed by atoms with Crippen LogP contribution < -0.4 is 10.5 Å². The van der Waals surface area contributed by atoms with Gasteiger partial charge in [0.25, 0.3) is 0 Å². The van der Waals surface area contributed by atoms with Gasteiger partial charge in [-0.1, -0.05) is 6.07 Å². The number of benzene rings is 1. The van der Waals surface area contributed by atoms with Crippen LogP contribution in [-0.4, -0.2) is 20.2 Å². The Balaban J connectivity index is 0.00000256. The average Bonchev–Trinajstić information content (AvgIpc) is 2.28. The number of carbonyl (C=O) groups is 1. The molecule has 0 fully saturated rings. The number of hydrogen-bond donors (Lipinski definition) is 1. The normalized spacial score (nSPS) is 11.3. The lowest BCUT2D eigenvalue weighted by Gasteiger charge is -2.15. The highest BCUT2D eigenvalue weighted by atomic mass is 35.5. The SMILES string of the molecule is COC(=O)C[C@H](N)c1c(F)cccc1OC.Cl. The molecule has 17 heavy (non-hydrogen) atoms. The summed E-state index contributed by atoms with van der Waals surface area (Å²) in [5.41, 5.74) is 5.92. The van der Waals surface area contributed by atoms with Crippen LogP contribution in [0.3, 0.4) is 0 Å². The molecule has 0 aliphatic carbocycles. The number of hydrogen-bond acceptors (Lipinski definition) is 4. The molecule has 0 spiro atoms. The Morgan fingerprint density at radius 1 is 1.47 bits per heavy atom. The molecule has 0 saturated carbocycles. The fourth-order valence-corrected chi connectivity index (χ4v) is 1.42. The fraction of sp³-hybridized carbons (Fsp3) is 0.364. The molecule has 2 N–H and O–H groups in total. The molecular formula is C11H15ClFNO3. The van der Waals surface area contributed by atoms with Gasteiger partial charge in [0.15, 0.2) is 0 Å². The Bertz CT molecular complexity index is 387. The zero-order chi connectivity index (χ0) is 12.1. The van der Waals surface area contributed by atoms with Crippen molar-refractivity contribution in [2.75, 3.05) is 14.2 Å². The summed E-state index contributed by atoms with van der Waals surface area (Å²) >= 11 is 0. The van der Waals surface area contributed by atoms with Crippen molar-refractivity contribution in [1.29, 1.82) is 0 Å². The van der Waals surface area contributed by atoms with Gasteiger partial charge in [0.05, 0.1) is 20.6 Å². The van der Waals surface area contributed by atoms with E-state index in [1.807, 2.05) is 0 Å². The predicted molar refractivity (Wildman–Crippen MR) is 63.8 cm³/mol. The van der Waals surface area contributed by atoms with Crippen LogP contribution in [0.1, 0.15) is 18.0 Å². The van der Waals surface area contributed by atoms with Gasteiger partial charge in [0, 0.05) is 11.6 Å². The lowest BCUT2D eigenvalue weighted by Crippen LogP contribution is -2.18. The van der Waals surface area contributed by atoms with E-state index in [-0.39, 0.29) is 24.4 Å². The molecule has 1 atom stereocenters. The summed E-state index contributed by atoms with van der Waals surface area (Å²) in [5.74, 6) is -0.648. The van der Waals surface area contributed by atoms with Gasteiger partial charge in [-0.3, -0.25) is 4.79 Å². The molecule has 0 bridgehead atoms. The number of nitrogens with two attached hydrogens (primary N) is 1. The van der Waals surface area contributed by atoms with Crippen LogP contribution in [0.5, 0.6) is 5.75 Å². The number of carbonyl (C=O) groups excluding carboxylic acids is 1. The first-order valence-corrected chi connectivity index (χ1v) is 4.75. The van der Waals surface area contributed by atoms with Crippen LogP contribution in [0.25, 0.3) is 0 Å². The average molecular weight is 264 g/mol. The van der Waals surface area contributed by atoms with Gasteiger partial charge >= 0.3 is 5.97 Å². The maximum absolute atomic E-state index is 13.5. The van der Waals surface area contributed by atoms with E-state index in [1.54, 1.807) is 6.07 Å². The maximum atomic E-state index is 13.5. The third-order valence-corrected chi connectivity index (χ3v) is 2.22. The molecule has 0 amide bonds. The van der Waals surface area contributed by atoms with Crippen LogP contribution in [-0.2, 0) is 9.53 Å². The van der Waals surface area contributed by atoms with Crippen molar-refractivity contribution in [2.45, 2.75) is 12.5 Å². The molecule has 1 aromatic carbocycles. The fourth-order valence-electron chi connectivity index (χ4n) is 1.42. The molecule has 96 valence electrons. The first-order chi connectivity index (χ1) is 7.60. The number of esters is 1. The molecule has 1 rings (SSSR count). The molecular weight excluding hydrogens is 249 g/mol. The maximum Gasteiger partial charge on any atom is 0.307 e. The highest BCUT2D eigenvalue weighted by molar-refractivity contribution is 5.85. The van der Waals surface area contributed by atoms with Crippen molar-refractivity contribution in [2.24, 2.45) is 5.73 Å². The van der Waals surface area contributed by atoms with Crippen LogP contribution in [0.2, 0.25) is 0 Å². The third-order valence-electron chi connectivity index (χ3n) is 2.22. The summed E-state index contributed by atoms with van der Waals surface area (Å²) in [5, 5.41) is 0. The Morgan fingerprint density at radius 2 is 2.12 bits per heavy atom. The molecule has 6 heteroatoms. The van der Waals surface area contributed by atoms with E-state index < -0.39 is 17.8 Å². The van der Waals surface area contributed by atoms with Gasteiger partial charge in [-0.2, -0.15) is 0 Å². The van der Waals surface area contributed by atoms with E-state index in [0.29, 0.717) is 5.75 Å². The van der Waals surface area contributed by atoms with Crippen molar-refractivity contribution >= 4 is 18.4 Å². The highest BCUT2D eigenvalue weighted by Gasteiger charge is 2.19. The number of halogens is 2. The molecule has 0 saturated heterocycles. The summed E-state index contributed by atoms with van der Waals surface area (Å²) in [7, 11) is 2.68. The van der Waals surface area contributed by atoms with Crippen molar-refractivity contribution in [3.63, 3.8) is 0 Å². The highest BCUT2D eigenvalue weighted by Crippen LogP contribution is 2.28. The van der Waals surface area contributed by atoms with Gasteiger partial charge in [-0.25, -0.2) is 4.39 Å². The second-order valence-electron chi connectivity index (χ2n) is 3.24. The summed E-state index contributed by atoms with van der Waals surface area (Å²) in [6.07, 6.45) is -0.0895. The van der Waals surface area contributed by atoms with Crippen LogP contribution >= 0.6 is 12.4 Å². The molecule has 0 aliphatic heterocycles. The topological polar surface area (TPSA) is 61.5 Å². The van der Waals surface area contributed by atoms with Gasteiger partial charge in [0.1, 0.15) is 11.6 Å². The predicted octanol–water partition coefficient (Wildman–Crippen LogP) is 1.82. The second-order valence-corrected chi connectivity index (χ2v) is 3.24. The minimum absolute atomic E-state index is 0. The van der Waals surface area contributed by atoms with E-state index in [2.05, 4.69) is 4.74 Å². The molecule has 0 aromatic heterocycles. The molecule has 0 aliphatic rings. The van der Waals surface area contributed by atoms with E-state index in [9.17, 15) is 9.18 Å². The Labute approximate surface area is 105 Å². The largest absolute Gasteiger partial charge is 0.496 e. The lowest BCUT2D eigenvalue weighted by atomic mass is 10.0. The smallest absolute Gasteiger partial charge is 0.307 e. The van der Waals surface area contributed by atoms with Gasteiger partial charge in [-0.05, 0) is 12.1 Å². The van der Waals surface area contributed by atoms with Gasteiger partial charge < -0.3 is 15.2 Å². The first-order valence-electron chi connectivity index (χ1n) is 4.75. The van der Waals surface area contributed by atoms with E-state index in [1.165, 1.54) is 26.4 Å². The van der Waals surface area contributed by atoms with Crippen molar-refractivity contribution in [3.05, 3.63) is 29.6 Å². The Hall–Kier alpha value is -1.33. The lowest BCUT2D eigenvalue weighted by molar-refractivity contribution is -0.141. The van der Waals surface area contributed by atoms with Crippen molar-refractivity contribution < 1.29 is 18.7 Å². The minimum atomic E-state index is -0.774. The number of ether oxygens (including phenoxy) is 2. The molecule has 0 unspecified atom stereocenters. The van der Waals surface area contributed by atoms with Crippen LogP contribution in [0.15, 0.2) is 18.2 Å². The summed E-state index contributed by atoms with van der Waals surface area (Å²) in [4.78, 5) is 11.0. The Morgan fingerprint density at radius 3 is 2.65 bits per heavy atom. The Kier molecular flexibility index (Phi) is 6.53. The van der Waals surface area contributed by atoms with Crippen molar-refractivity contribution in [3.8, 4) is 5.75 Å². The summed E-state index contributed by atoms with van der Waals surface area (Å²) in [6, 6.07) is 3.61. The van der Waals surface area contributed by atoms with E-state index in [4.69, 9.17) is 10.5 Å². The number of rotatable bonds is 4. The van der Waals surface area contributed by atoms with E-state index in [0.717, 1.165) is 0 Å². The monoisotopic (exact) mass is 263 g/mol. The third kappa shape index (κ3) is 3.87. The van der Waals surface area contributed by atoms with E-state index >= 15 is 0 Å². The molecule has 1 aromatic rings. The zero-order valence-electron chi connectivity index (χ0n) is 9.60. The first kappa shape index (κ1) is 15.7. The van der Waals surface area contributed by atoms with Crippen LogP contribution in [0.4, 0.5) is 4.39 Å². The zero-order valence-corrected chi connectivity index (χ0v) is 10.4. The molecule has 4 nitrogen and oxygen atoms in total. The summed E-state index contributed by atoms with van der Waals surface area (Å²) < 4.78 is 23.0. The van der Waals surface area contributed by atoms with Gasteiger partial charge in [-0.15, -0.1) is 12.4 Å². The summed E-state index contributed by atoms with van der Waals surface area (Å²) in [6.45, 7) is 0. The van der Waals surface area contributed by atoms with Crippen molar-refractivity contribution in [1.82, 2.24) is 0 Å². The minimum Gasteiger partial charge on any atom is -0.496 e. The number of methoxy groups -OCH3 is 2. The standard InChI is InChI=1S/C11H14FNO3.ClH/c1-15-9-5-3-4-7(12)11(9)8(13)6-10(14)16-2;/h3-5,8H,6,13H2,1-2H3;1H/t8-;/m0./s1. The molecule has 0 radical (unpaired) electrons.